The van der Waals surface area contributed by atoms with Crippen LogP contribution in [0, 0.1) is 0 Å². The second-order valence-electron chi connectivity index (χ2n) is 6.05. The summed E-state index contributed by atoms with van der Waals surface area (Å²) in [5.74, 6) is 0. The van der Waals surface area contributed by atoms with Crippen LogP contribution in [0.3, 0.4) is 0 Å². The van der Waals surface area contributed by atoms with E-state index in [4.69, 9.17) is 0 Å². The smallest absolute Gasteiger partial charge is 0.252 e. The van der Waals surface area contributed by atoms with E-state index >= 15 is 0 Å². The first-order valence-electron chi connectivity index (χ1n) is 7.95. The molecule has 1 saturated carbocycles. The summed E-state index contributed by atoms with van der Waals surface area (Å²) in [5, 5.41) is 3.44. The number of thiophene rings is 1. The van der Waals surface area contributed by atoms with Gasteiger partial charge in [0.15, 0.2) is 0 Å². The van der Waals surface area contributed by atoms with Crippen LogP contribution in [0.2, 0.25) is 0 Å². The largest absolute Gasteiger partial charge is 0.309 e. The monoisotopic (exact) mass is 328 g/mol. The van der Waals surface area contributed by atoms with Crippen molar-refractivity contribution in [3.63, 3.8) is 0 Å². The highest BCUT2D eigenvalue weighted by atomic mass is 32.2. The zero-order chi connectivity index (χ0) is 14.9. The van der Waals surface area contributed by atoms with Crippen LogP contribution < -0.4 is 5.32 Å². The molecule has 2 fully saturated rings. The van der Waals surface area contributed by atoms with Crippen molar-refractivity contribution in [3.05, 3.63) is 17.0 Å². The van der Waals surface area contributed by atoms with Crippen LogP contribution in [0.25, 0.3) is 0 Å². The Morgan fingerprint density at radius 3 is 2.81 bits per heavy atom. The van der Waals surface area contributed by atoms with Crippen LogP contribution >= 0.6 is 11.3 Å². The number of nitrogens with one attached hydrogen (secondary N) is 1. The molecule has 6 heteroatoms. The van der Waals surface area contributed by atoms with Crippen molar-refractivity contribution in [1.82, 2.24) is 9.62 Å². The second kappa shape index (κ2) is 6.36. The van der Waals surface area contributed by atoms with Gasteiger partial charge in [-0.1, -0.05) is 13.3 Å². The molecule has 0 bridgehead atoms. The molecule has 0 amide bonds. The summed E-state index contributed by atoms with van der Waals surface area (Å²) in [5.41, 5.74) is 0. The normalized spacial score (nSPS) is 24.3. The number of nitrogens with zero attached hydrogens (tertiary/aromatic N) is 1. The van der Waals surface area contributed by atoms with Crippen LogP contribution in [0.1, 0.15) is 50.3 Å². The molecule has 1 aliphatic carbocycles. The molecule has 118 valence electrons. The molecule has 21 heavy (non-hydrogen) atoms. The summed E-state index contributed by atoms with van der Waals surface area (Å²) in [6.45, 7) is 3.55. The maximum Gasteiger partial charge on any atom is 0.252 e. The highest BCUT2D eigenvalue weighted by molar-refractivity contribution is 7.91. The van der Waals surface area contributed by atoms with Gasteiger partial charge in [-0.2, -0.15) is 4.31 Å². The van der Waals surface area contributed by atoms with Gasteiger partial charge in [0, 0.05) is 30.1 Å². The molecule has 2 heterocycles. The van der Waals surface area contributed by atoms with Crippen molar-refractivity contribution >= 4 is 21.4 Å². The lowest BCUT2D eigenvalue weighted by atomic mass is 10.0. The van der Waals surface area contributed by atoms with Gasteiger partial charge in [-0.25, -0.2) is 8.42 Å². The van der Waals surface area contributed by atoms with Gasteiger partial charge in [0.1, 0.15) is 4.21 Å². The van der Waals surface area contributed by atoms with Crippen molar-refractivity contribution in [1.29, 1.82) is 0 Å². The van der Waals surface area contributed by atoms with Crippen molar-refractivity contribution in [3.8, 4) is 0 Å². The van der Waals surface area contributed by atoms with Gasteiger partial charge < -0.3 is 5.32 Å². The van der Waals surface area contributed by atoms with Gasteiger partial charge >= 0.3 is 0 Å². The molecule has 1 N–H and O–H groups in total. The van der Waals surface area contributed by atoms with Crippen molar-refractivity contribution in [2.24, 2.45) is 0 Å². The van der Waals surface area contributed by atoms with E-state index in [2.05, 4.69) is 12.2 Å². The average molecular weight is 329 g/mol. The van der Waals surface area contributed by atoms with Crippen molar-refractivity contribution < 1.29 is 8.42 Å². The molecule has 3 rings (SSSR count). The lowest BCUT2D eigenvalue weighted by Crippen LogP contribution is -2.42. The maximum absolute atomic E-state index is 12.8. The van der Waals surface area contributed by atoms with Crippen molar-refractivity contribution in [2.75, 3.05) is 6.54 Å². The van der Waals surface area contributed by atoms with Gasteiger partial charge in [0.25, 0.3) is 10.0 Å². The quantitative estimate of drug-likeness (QED) is 0.873. The summed E-state index contributed by atoms with van der Waals surface area (Å²) in [6, 6.07) is 4.57. The van der Waals surface area contributed by atoms with E-state index in [9.17, 15) is 8.42 Å². The van der Waals surface area contributed by atoms with E-state index in [0.29, 0.717) is 16.8 Å². The summed E-state index contributed by atoms with van der Waals surface area (Å²) in [6.07, 6.45) is 6.53. The minimum atomic E-state index is -3.30. The van der Waals surface area contributed by atoms with Gasteiger partial charge in [0.05, 0.1) is 0 Å². The molecule has 2 aliphatic rings. The van der Waals surface area contributed by atoms with E-state index < -0.39 is 10.0 Å². The number of hydrogen-bond donors (Lipinski definition) is 1. The van der Waals surface area contributed by atoms with Crippen LogP contribution in [0.4, 0.5) is 0 Å². The fourth-order valence-corrected chi connectivity index (χ4v) is 6.14. The Kier molecular flexibility index (Phi) is 4.69. The van der Waals surface area contributed by atoms with Crippen LogP contribution in [-0.2, 0) is 16.6 Å². The molecular formula is C15H24N2O2S2. The third kappa shape index (κ3) is 3.50. The second-order valence-corrected chi connectivity index (χ2v) is 9.34. The molecule has 1 aliphatic heterocycles. The topological polar surface area (TPSA) is 49.4 Å². The van der Waals surface area contributed by atoms with E-state index in [-0.39, 0.29) is 6.04 Å². The molecule has 0 spiro atoms. The highest BCUT2D eigenvalue weighted by Crippen LogP contribution is 2.31. The number of hydrogen-bond acceptors (Lipinski definition) is 4. The lowest BCUT2D eigenvalue weighted by Gasteiger charge is -2.33. The molecule has 0 aromatic carbocycles. The third-order valence-electron chi connectivity index (χ3n) is 4.39. The summed E-state index contributed by atoms with van der Waals surface area (Å²) < 4.78 is 27.9. The summed E-state index contributed by atoms with van der Waals surface area (Å²) in [4.78, 5) is 1.12. The molecule has 4 nitrogen and oxygen atoms in total. The summed E-state index contributed by atoms with van der Waals surface area (Å²) >= 11 is 1.42. The third-order valence-corrected chi connectivity index (χ3v) is 7.89. The molecule has 1 atom stereocenters. The Hall–Kier alpha value is -0.430. The molecule has 1 unspecified atom stereocenters. The van der Waals surface area contributed by atoms with E-state index in [1.165, 1.54) is 24.2 Å². The van der Waals surface area contributed by atoms with E-state index in [1.54, 1.807) is 10.4 Å². The van der Waals surface area contributed by atoms with E-state index in [1.807, 2.05) is 6.07 Å². The number of piperidine rings is 1. The number of sulfonamides is 1. The Morgan fingerprint density at radius 1 is 1.29 bits per heavy atom. The molecule has 0 radical (unpaired) electrons. The molecular weight excluding hydrogens is 304 g/mol. The van der Waals surface area contributed by atoms with E-state index in [0.717, 1.165) is 37.1 Å². The molecule has 1 aromatic heterocycles. The predicted octanol–water partition coefficient (Wildman–Crippen LogP) is 2.95. The van der Waals surface area contributed by atoms with Gasteiger partial charge in [-0.15, -0.1) is 11.3 Å². The van der Waals surface area contributed by atoms with Gasteiger partial charge in [-0.05, 0) is 44.2 Å². The minimum Gasteiger partial charge on any atom is -0.309 e. The summed E-state index contributed by atoms with van der Waals surface area (Å²) in [7, 11) is -3.30. The standard InChI is InChI=1S/C15H24N2O2S2/c1-2-13-5-3-4-10-17(13)21(18,19)15-9-8-14(20-15)11-16-12-6-7-12/h8-9,12-13,16H,2-7,10-11H2,1H3. The Labute approximate surface area is 131 Å². The van der Waals surface area contributed by atoms with Crippen LogP contribution in [0.5, 0.6) is 0 Å². The molecule has 1 aromatic rings. The average Bonchev–Trinajstić information content (AvgIpc) is 3.20. The maximum atomic E-state index is 12.8. The van der Waals surface area contributed by atoms with Gasteiger partial charge in [-0.3, -0.25) is 0 Å². The zero-order valence-corrected chi connectivity index (χ0v) is 14.2. The van der Waals surface area contributed by atoms with Gasteiger partial charge in [0.2, 0.25) is 0 Å². The first-order chi connectivity index (χ1) is 10.1. The predicted molar refractivity (Wildman–Crippen MR) is 86.0 cm³/mol. The SMILES string of the molecule is CCC1CCCCN1S(=O)(=O)c1ccc(CNC2CC2)s1. The van der Waals surface area contributed by atoms with Crippen LogP contribution in [0.15, 0.2) is 16.3 Å². The Morgan fingerprint density at radius 2 is 2.10 bits per heavy atom. The Bertz CT molecular complexity index is 578. The van der Waals surface area contributed by atoms with Crippen LogP contribution in [-0.4, -0.2) is 31.4 Å². The molecule has 1 saturated heterocycles. The minimum absolute atomic E-state index is 0.180. The lowest BCUT2D eigenvalue weighted by molar-refractivity contribution is 0.247. The highest BCUT2D eigenvalue weighted by Gasteiger charge is 2.33. The first-order valence-corrected chi connectivity index (χ1v) is 10.2. The van der Waals surface area contributed by atoms with Crippen molar-refractivity contribution in [2.45, 2.75) is 68.3 Å². The fraction of sp³-hybridized carbons (Fsp3) is 0.733. The fourth-order valence-electron chi connectivity index (χ4n) is 2.94. The number of rotatable bonds is 6. The Balaban J connectivity index is 1.73. The zero-order valence-electron chi connectivity index (χ0n) is 12.5. The first kappa shape index (κ1) is 15.5.